The van der Waals surface area contributed by atoms with Crippen LogP contribution in [-0.4, -0.2) is 30.5 Å². The third-order valence-electron chi connectivity index (χ3n) is 4.18. The van der Waals surface area contributed by atoms with Gasteiger partial charge in [-0.1, -0.05) is 0 Å². The lowest BCUT2D eigenvalue weighted by atomic mass is 9.98. The molecule has 0 atom stereocenters. The summed E-state index contributed by atoms with van der Waals surface area (Å²) in [4.78, 5) is 20.7. The van der Waals surface area contributed by atoms with Gasteiger partial charge in [0.25, 0.3) is 0 Å². The van der Waals surface area contributed by atoms with E-state index in [1.165, 1.54) is 11.4 Å². The second-order valence-corrected chi connectivity index (χ2v) is 6.76. The van der Waals surface area contributed by atoms with Crippen LogP contribution in [0.1, 0.15) is 48.1 Å². The van der Waals surface area contributed by atoms with E-state index in [0.717, 1.165) is 16.7 Å². The molecule has 130 valence electrons. The molecule has 0 bridgehead atoms. The minimum absolute atomic E-state index is 0.145. The van der Waals surface area contributed by atoms with Crippen LogP contribution >= 0.6 is 0 Å². The first-order valence-corrected chi connectivity index (χ1v) is 7.96. The van der Waals surface area contributed by atoms with E-state index in [1.54, 1.807) is 33.2 Å². The Bertz CT molecular complexity index is 999. The highest BCUT2D eigenvalue weighted by Crippen LogP contribution is 2.29. The maximum Gasteiger partial charge on any atom is 0.165 e. The summed E-state index contributed by atoms with van der Waals surface area (Å²) in [5.41, 5.74) is 9.69. The highest BCUT2D eigenvalue weighted by atomic mass is 16.3. The van der Waals surface area contributed by atoms with Crippen molar-refractivity contribution in [2.24, 2.45) is 0 Å². The van der Waals surface area contributed by atoms with Gasteiger partial charge in [-0.25, -0.2) is 4.98 Å². The Morgan fingerprint density at radius 2 is 1.96 bits per heavy atom. The van der Waals surface area contributed by atoms with E-state index in [4.69, 9.17) is 5.73 Å². The molecule has 7 nitrogen and oxygen atoms in total. The van der Waals surface area contributed by atoms with Crippen LogP contribution in [0.15, 0.2) is 18.5 Å². The summed E-state index contributed by atoms with van der Waals surface area (Å²) < 4.78 is 1.47. The number of carbonyl (C=O) groups is 1. The van der Waals surface area contributed by atoms with Gasteiger partial charge in [-0.15, -0.1) is 0 Å². The fraction of sp³-hybridized carbons (Fsp3) is 0.333. The number of ketones is 1. The Kier molecular flexibility index (Phi) is 3.84. The van der Waals surface area contributed by atoms with Gasteiger partial charge in [0.05, 0.1) is 23.1 Å². The van der Waals surface area contributed by atoms with E-state index < -0.39 is 5.60 Å². The zero-order chi connectivity index (χ0) is 18.5. The van der Waals surface area contributed by atoms with Crippen LogP contribution in [0.4, 0.5) is 5.82 Å². The lowest BCUT2D eigenvalue weighted by molar-refractivity contribution is 0.0731. The van der Waals surface area contributed by atoms with Crippen LogP contribution in [0.3, 0.4) is 0 Å². The molecule has 0 fully saturated rings. The standard InChI is InChI=1S/C18H21N5O2/c1-9-6-12(7-20-15(9)18(4,5)25)13-8-21-23-16(19)14(11(3)24)10(2)22-17(13)23/h6-8,25H,19H2,1-5H3. The number of nitrogen functional groups attached to an aromatic ring is 1. The number of rotatable bonds is 3. The van der Waals surface area contributed by atoms with Crippen LogP contribution in [0.25, 0.3) is 16.8 Å². The number of pyridine rings is 1. The van der Waals surface area contributed by atoms with Crippen LogP contribution in [0, 0.1) is 13.8 Å². The lowest BCUT2D eigenvalue weighted by Gasteiger charge is -2.19. The summed E-state index contributed by atoms with van der Waals surface area (Å²) in [6.07, 6.45) is 3.34. The molecule has 0 spiro atoms. The molecule has 0 unspecified atom stereocenters. The minimum atomic E-state index is -1.01. The predicted octanol–water partition coefficient (Wildman–Crippen LogP) is 2.42. The van der Waals surface area contributed by atoms with Gasteiger partial charge in [-0.3, -0.25) is 9.78 Å². The first kappa shape index (κ1) is 17.0. The third-order valence-corrected chi connectivity index (χ3v) is 4.18. The van der Waals surface area contributed by atoms with Gasteiger partial charge >= 0.3 is 0 Å². The van der Waals surface area contributed by atoms with Crippen molar-refractivity contribution < 1.29 is 9.90 Å². The van der Waals surface area contributed by atoms with Crippen molar-refractivity contribution in [2.75, 3.05) is 5.73 Å². The molecule has 0 amide bonds. The zero-order valence-electron chi connectivity index (χ0n) is 15.0. The fourth-order valence-corrected chi connectivity index (χ4v) is 3.13. The number of anilines is 1. The van der Waals surface area contributed by atoms with Crippen LogP contribution in [0.5, 0.6) is 0 Å². The molecule has 3 N–H and O–H groups in total. The smallest absolute Gasteiger partial charge is 0.165 e. The number of nitrogens with zero attached hydrogens (tertiary/aromatic N) is 4. The molecule has 0 aliphatic heterocycles. The largest absolute Gasteiger partial charge is 0.384 e. The van der Waals surface area contributed by atoms with Gasteiger partial charge in [-0.05, 0) is 46.2 Å². The van der Waals surface area contributed by atoms with Gasteiger partial charge in [0.15, 0.2) is 11.4 Å². The van der Waals surface area contributed by atoms with Crippen molar-refractivity contribution in [3.63, 3.8) is 0 Å². The molecule has 3 aromatic rings. The number of carbonyl (C=O) groups excluding carboxylic acids is 1. The second kappa shape index (κ2) is 5.63. The van der Waals surface area contributed by atoms with Gasteiger partial charge < -0.3 is 10.8 Å². The Morgan fingerprint density at radius 1 is 1.28 bits per heavy atom. The van der Waals surface area contributed by atoms with Gasteiger partial charge in [0.1, 0.15) is 11.4 Å². The number of aliphatic hydroxyl groups is 1. The molecule has 3 aromatic heterocycles. The van der Waals surface area contributed by atoms with Gasteiger partial charge in [-0.2, -0.15) is 9.61 Å². The minimum Gasteiger partial charge on any atom is -0.384 e. The molecule has 0 aromatic carbocycles. The summed E-state index contributed by atoms with van der Waals surface area (Å²) in [6, 6.07) is 1.93. The van der Waals surface area contributed by atoms with Gasteiger partial charge in [0.2, 0.25) is 0 Å². The molecule has 7 heteroatoms. The highest BCUT2D eigenvalue weighted by molar-refractivity contribution is 6.00. The first-order valence-electron chi connectivity index (χ1n) is 7.96. The summed E-state index contributed by atoms with van der Waals surface area (Å²) in [5, 5.41) is 14.5. The first-order chi connectivity index (χ1) is 11.6. The number of hydrogen-bond donors (Lipinski definition) is 2. The van der Waals surface area contributed by atoms with E-state index in [0.29, 0.717) is 22.6 Å². The average Bonchev–Trinajstić information content (AvgIpc) is 2.89. The summed E-state index contributed by atoms with van der Waals surface area (Å²) in [5.74, 6) is 0.132. The SMILES string of the molecule is CC(=O)c1c(C)nc2c(-c3cnc(C(C)(C)O)c(C)c3)cnn2c1N. The van der Waals surface area contributed by atoms with E-state index in [9.17, 15) is 9.90 Å². The Balaban J connectivity index is 2.21. The summed E-state index contributed by atoms with van der Waals surface area (Å²) >= 11 is 0. The van der Waals surface area contributed by atoms with Crippen molar-refractivity contribution in [3.05, 3.63) is 41.0 Å². The van der Waals surface area contributed by atoms with Crippen molar-refractivity contribution in [3.8, 4) is 11.1 Å². The maximum atomic E-state index is 11.8. The molecule has 0 radical (unpaired) electrons. The molecule has 25 heavy (non-hydrogen) atoms. The number of aryl methyl sites for hydroxylation is 2. The molecular formula is C18H21N5O2. The van der Waals surface area contributed by atoms with E-state index in [2.05, 4.69) is 15.1 Å². The van der Waals surface area contributed by atoms with E-state index in [-0.39, 0.29) is 11.6 Å². The second-order valence-electron chi connectivity index (χ2n) is 6.76. The Labute approximate surface area is 145 Å². The van der Waals surface area contributed by atoms with Crippen molar-refractivity contribution >= 4 is 17.2 Å². The van der Waals surface area contributed by atoms with Crippen molar-refractivity contribution in [2.45, 2.75) is 40.2 Å². The normalized spacial score (nSPS) is 11.9. The zero-order valence-corrected chi connectivity index (χ0v) is 15.0. The van der Waals surface area contributed by atoms with Gasteiger partial charge in [0, 0.05) is 17.3 Å². The third kappa shape index (κ3) is 2.76. The van der Waals surface area contributed by atoms with Crippen molar-refractivity contribution in [1.29, 1.82) is 0 Å². The Hall–Kier alpha value is -2.80. The predicted molar refractivity (Wildman–Crippen MR) is 95.4 cm³/mol. The van der Waals surface area contributed by atoms with Crippen LogP contribution < -0.4 is 5.73 Å². The quantitative estimate of drug-likeness (QED) is 0.710. The average molecular weight is 339 g/mol. The number of aromatic nitrogens is 4. The summed E-state index contributed by atoms with van der Waals surface area (Å²) in [7, 11) is 0. The molecule has 3 heterocycles. The number of Topliss-reactive ketones (excluding diaryl/α,β-unsaturated/α-hetero) is 1. The van der Waals surface area contributed by atoms with E-state index in [1.807, 2.05) is 13.0 Å². The molecule has 0 saturated carbocycles. The number of nitrogens with two attached hydrogens (primary N) is 1. The highest BCUT2D eigenvalue weighted by Gasteiger charge is 2.22. The molecule has 0 aliphatic carbocycles. The number of fused-ring (bicyclic) bond motifs is 1. The Morgan fingerprint density at radius 3 is 2.52 bits per heavy atom. The topological polar surface area (TPSA) is 106 Å². The monoisotopic (exact) mass is 339 g/mol. The number of hydrogen-bond acceptors (Lipinski definition) is 6. The lowest BCUT2D eigenvalue weighted by Crippen LogP contribution is -2.19. The van der Waals surface area contributed by atoms with Crippen molar-refractivity contribution in [1.82, 2.24) is 19.6 Å². The molecule has 0 aliphatic rings. The molecular weight excluding hydrogens is 318 g/mol. The fourth-order valence-electron chi connectivity index (χ4n) is 3.13. The summed E-state index contributed by atoms with van der Waals surface area (Å²) in [6.45, 7) is 8.51. The van der Waals surface area contributed by atoms with E-state index >= 15 is 0 Å². The molecule has 0 saturated heterocycles. The van der Waals surface area contributed by atoms with Crippen LogP contribution in [0.2, 0.25) is 0 Å². The maximum absolute atomic E-state index is 11.8. The van der Waals surface area contributed by atoms with Crippen LogP contribution in [-0.2, 0) is 5.60 Å². The molecule has 3 rings (SSSR count).